The van der Waals surface area contributed by atoms with Crippen LogP contribution in [0.2, 0.25) is 0 Å². The number of amides is 1. The number of nitrogen functional groups attached to an aromatic ring is 1. The molecule has 2 rings (SSSR count). The molecule has 4 nitrogen and oxygen atoms in total. The summed E-state index contributed by atoms with van der Waals surface area (Å²) in [5.74, 6) is 5.79. The lowest BCUT2D eigenvalue weighted by molar-refractivity contribution is 0.0956. The normalized spacial score (nSPS) is 15.7. The van der Waals surface area contributed by atoms with Crippen LogP contribution in [0, 0.1) is 0 Å². The first kappa shape index (κ1) is 10.6. The van der Waals surface area contributed by atoms with E-state index in [2.05, 4.69) is 10.4 Å². The number of hydrazine groups is 1. The van der Waals surface area contributed by atoms with Crippen LogP contribution in [0.4, 0.5) is 0 Å². The molecule has 1 aromatic rings. The SMILES string of the molecule is CC(C)c1nc(C2CC2)sc1C(=O)NN. The molecular weight excluding hydrogens is 210 g/mol. The van der Waals surface area contributed by atoms with Gasteiger partial charge in [-0.1, -0.05) is 13.8 Å². The van der Waals surface area contributed by atoms with Crippen LogP contribution >= 0.6 is 11.3 Å². The van der Waals surface area contributed by atoms with Crippen molar-refractivity contribution in [3.05, 3.63) is 15.6 Å². The van der Waals surface area contributed by atoms with Crippen molar-refractivity contribution in [2.45, 2.75) is 38.5 Å². The minimum atomic E-state index is -0.219. The Labute approximate surface area is 92.9 Å². The van der Waals surface area contributed by atoms with Gasteiger partial charge in [-0.25, -0.2) is 10.8 Å². The molecule has 0 aliphatic heterocycles. The zero-order valence-electron chi connectivity index (χ0n) is 8.91. The topological polar surface area (TPSA) is 68.0 Å². The maximum Gasteiger partial charge on any atom is 0.277 e. The quantitative estimate of drug-likeness (QED) is 0.468. The Morgan fingerprint density at radius 1 is 1.60 bits per heavy atom. The van der Waals surface area contributed by atoms with E-state index in [1.807, 2.05) is 13.8 Å². The third kappa shape index (κ3) is 2.03. The van der Waals surface area contributed by atoms with Gasteiger partial charge in [0.25, 0.3) is 5.91 Å². The lowest BCUT2D eigenvalue weighted by Gasteiger charge is -2.02. The zero-order chi connectivity index (χ0) is 11.0. The molecule has 0 bridgehead atoms. The monoisotopic (exact) mass is 225 g/mol. The van der Waals surface area contributed by atoms with Gasteiger partial charge in [-0.2, -0.15) is 0 Å². The average molecular weight is 225 g/mol. The second-order valence-electron chi connectivity index (χ2n) is 4.17. The van der Waals surface area contributed by atoms with Gasteiger partial charge < -0.3 is 0 Å². The van der Waals surface area contributed by atoms with Crippen molar-refractivity contribution in [3.8, 4) is 0 Å². The molecule has 1 aliphatic rings. The van der Waals surface area contributed by atoms with Crippen molar-refractivity contribution in [1.82, 2.24) is 10.4 Å². The maximum absolute atomic E-state index is 11.5. The molecular formula is C10H15N3OS. The highest BCUT2D eigenvalue weighted by atomic mass is 32.1. The summed E-state index contributed by atoms with van der Waals surface area (Å²) in [5, 5.41) is 1.09. The van der Waals surface area contributed by atoms with Crippen molar-refractivity contribution in [1.29, 1.82) is 0 Å². The minimum absolute atomic E-state index is 0.219. The summed E-state index contributed by atoms with van der Waals surface area (Å²) in [6.45, 7) is 4.08. The molecule has 3 N–H and O–H groups in total. The van der Waals surface area contributed by atoms with Crippen LogP contribution in [0.15, 0.2) is 0 Å². The van der Waals surface area contributed by atoms with Crippen LogP contribution in [0.1, 0.15) is 58.9 Å². The highest BCUT2D eigenvalue weighted by Crippen LogP contribution is 2.43. The molecule has 1 amide bonds. The van der Waals surface area contributed by atoms with Crippen molar-refractivity contribution in [2.75, 3.05) is 0 Å². The molecule has 1 aliphatic carbocycles. The second-order valence-corrected chi connectivity index (χ2v) is 5.20. The average Bonchev–Trinajstić information content (AvgIpc) is 2.96. The number of nitrogens with one attached hydrogen (secondary N) is 1. The molecule has 0 atom stereocenters. The van der Waals surface area contributed by atoms with Crippen molar-refractivity contribution >= 4 is 17.2 Å². The van der Waals surface area contributed by atoms with Gasteiger partial charge in [-0.15, -0.1) is 11.3 Å². The fourth-order valence-electron chi connectivity index (χ4n) is 1.47. The summed E-state index contributed by atoms with van der Waals surface area (Å²) in [4.78, 5) is 16.7. The molecule has 0 unspecified atom stereocenters. The summed E-state index contributed by atoms with van der Waals surface area (Å²) >= 11 is 1.49. The molecule has 0 radical (unpaired) electrons. The van der Waals surface area contributed by atoms with E-state index in [1.54, 1.807) is 0 Å². The fourth-order valence-corrected chi connectivity index (χ4v) is 2.77. The van der Waals surface area contributed by atoms with Gasteiger partial charge >= 0.3 is 0 Å². The standard InChI is InChI=1S/C10H15N3OS/c1-5(2)7-8(9(14)13-11)15-10(12-7)6-3-4-6/h5-6H,3-4,11H2,1-2H3,(H,13,14). The second kappa shape index (κ2) is 3.90. The molecule has 0 spiro atoms. The first-order valence-corrected chi connectivity index (χ1v) is 5.96. The van der Waals surface area contributed by atoms with Crippen molar-refractivity contribution in [3.63, 3.8) is 0 Å². The van der Waals surface area contributed by atoms with Gasteiger partial charge in [0.05, 0.1) is 10.7 Å². The Bertz CT molecular complexity index is 382. The molecule has 1 aromatic heterocycles. The van der Waals surface area contributed by atoms with Gasteiger partial charge in [0.15, 0.2) is 0 Å². The Hall–Kier alpha value is -0.940. The molecule has 0 aromatic carbocycles. The van der Waals surface area contributed by atoms with Gasteiger partial charge in [-0.05, 0) is 18.8 Å². The van der Waals surface area contributed by atoms with Crippen LogP contribution in [-0.4, -0.2) is 10.9 Å². The van der Waals surface area contributed by atoms with Crippen molar-refractivity contribution < 1.29 is 4.79 Å². The summed E-state index contributed by atoms with van der Waals surface area (Å²) < 4.78 is 0. The summed E-state index contributed by atoms with van der Waals surface area (Å²) in [6, 6.07) is 0. The third-order valence-electron chi connectivity index (χ3n) is 2.48. The van der Waals surface area contributed by atoms with E-state index in [9.17, 15) is 4.79 Å². The number of carbonyl (C=O) groups excluding carboxylic acids is 1. The van der Waals surface area contributed by atoms with Gasteiger partial charge in [0.1, 0.15) is 4.88 Å². The van der Waals surface area contributed by atoms with E-state index < -0.39 is 0 Å². The maximum atomic E-state index is 11.5. The number of rotatable bonds is 3. The van der Waals surface area contributed by atoms with Crippen LogP contribution in [0.5, 0.6) is 0 Å². The number of nitrogens with zero attached hydrogens (tertiary/aromatic N) is 1. The number of hydrogen-bond donors (Lipinski definition) is 2. The number of thiazole rings is 1. The van der Waals surface area contributed by atoms with E-state index in [0.29, 0.717) is 10.8 Å². The van der Waals surface area contributed by atoms with E-state index in [-0.39, 0.29) is 11.8 Å². The molecule has 0 saturated heterocycles. The Morgan fingerprint density at radius 2 is 2.27 bits per heavy atom. The first-order chi connectivity index (χ1) is 7.13. The summed E-state index contributed by atoms with van der Waals surface area (Å²) in [5.41, 5.74) is 3.06. The number of hydrogen-bond acceptors (Lipinski definition) is 4. The van der Waals surface area contributed by atoms with Crippen LogP contribution in [0.25, 0.3) is 0 Å². The summed E-state index contributed by atoms with van der Waals surface area (Å²) in [7, 11) is 0. The Kier molecular flexibility index (Phi) is 2.75. The smallest absolute Gasteiger partial charge is 0.277 e. The fraction of sp³-hybridized carbons (Fsp3) is 0.600. The number of nitrogens with two attached hydrogens (primary N) is 1. The first-order valence-electron chi connectivity index (χ1n) is 5.15. The number of aromatic nitrogens is 1. The molecule has 1 saturated carbocycles. The van der Waals surface area contributed by atoms with Crippen LogP contribution in [-0.2, 0) is 0 Å². The Morgan fingerprint density at radius 3 is 2.73 bits per heavy atom. The molecule has 1 heterocycles. The molecule has 5 heteroatoms. The predicted octanol–water partition coefficient (Wildman–Crippen LogP) is 1.75. The molecule has 1 fully saturated rings. The lowest BCUT2D eigenvalue weighted by Crippen LogP contribution is -2.30. The highest BCUT2D eigenvalue weighted by molar-refractivity contribution is 7.14. The van der Waals surface area contributed by atoms with Crippen LogP contribution in [0.3, 0.4) is 0 Å². The highest BCUT2D eigenvalue weighted by Gasteiger charge is 2.30. The minimum Gasteiger partial charge on any atom is -0.289 e. The van der Waals surface area contributed by atoms with Gasteiger partial charge in [-0.3, -0.25) is 10.2 Å². The van der Waals surface area contributed by atoms with E-state index in [0.717, 1.165) is 10.7 Å². The Balaban J connectivity index is 2.36. The van der Waals surface area contributed by atoms with Gasteiger partial charge in [0, 0.05) is 5.92 Å². The number of carbonyl (C=O) groups is 1. The zero-order valence-corrected chi connectivity index (χ0v) is 9.73. The predicted molar refractivity (Wildman–Crippen MR) is 59.8 cm³/mol. The largest absolute Gasteiger partial charge is 0.289 e. The van der Waals surface area contributed by atoms with Crippen molar-refractivity contribution in [2.24, 2.45) is 5.84 Å². The van der Waals surface area contributed by atoms with E-state index >= 15 is 0 Å². The third-order valence-corrected chi connectivity index (χ3v) is 3.71. The van der Waals surface area contributed by atoms with Crippen LogP contribution < -0.4 is 11.3 Å². The lowest BCUT2D eigenvalue weighted by atomic mass is 10.1. The molecule has 82 valence electrons. The van der Waals surface area contributed by atoms with Gasteiger partial charge in [0.2, 0.25) is 0 Å². The van der Waals surface area contributed by atoms with E-state index in [1.165, 1.54) is 24.2 Å². The van der Waals surface area contributed by atoms with E-state index in [4.69, 9.17) is 5.84 Å². The summed E-state index contributed by atoms with van der Waals surface area (Å²) in [6.07, 6.45) is 2.41. The molecule has 15 heavy (non-hydrogen) atoms.